The van der Waals surface area contributed by atoms with E-state index < -0.39 is 17.0 Å². The fourth-order valence-corrected chi connectivity index (χ4v) is 3.36. The summed E-state index contributed by atoms with van der Waals surface area (Å²) in [6.07, 6.45) is 4.49. The Balaban J connectivity index is 2.60. The summed E-state index contributed by atoms with van der Waals surface area (Å²) >= 11 is 0. The van der Waals surface area contributed by atoms with Crippen LogP contribution in [0.15, 0.2) is 59.7 Å². The zero-order valence-electron chi connectivity index (χ0n) is 15.0. The number of carbonyl (C=O) groups excluding carboxylic acids is 1. The van der Waals surface area contributed by atoms with E-state index in [2.05, 4.69) is 0 Å². The number of carbonyl (C=O) groups is 2. The van der Waals surface area contributed by atoms with E-state index in [1.807, 2.05) is 44.2 Å². The van der Waals surface area contributed by atoms with Crippen LogP contribution in [-0.4, -0.2) is 27.6 Å². The fraction of sp³-hybridized carbons (Fsp3) is 0.333. The van der Waals surface area contributed by atoms with Gasteiger partial charge in [-0.1, -0.05) is 50.3 Å². The topological polar surface area (TPSA) is 74.6 Å². The Hall–Kier alpha value is -2.46. The molecule has 4 nitrogen and oxygen atoms in total. The van der Waals surface area contributed by atoms with Crippen LogP contribution in [0.5, 0.6) is 0 Å². The first kappa shape index (κ1) is 18.9. The molecule has 0 fully saturated rings. The van der Waals surface area contributed by atoms with Crippen LogP contribution < -0.4 is 0 Å². The highest BCUT2D eigenvalue weighted by Gasteiger charge is 2.49. The molecule has 0 heterocycles. The summed E-state index contributed by atoms with van der Waals surface area (Å²) in [6.45, 7) is 7.11. The number of aliphatic hydroxyl groups is 1. The fourth-order valence-electron chi connectivity index (χ4n) is 3.36. The number of carboxylic acid groups (broad SMARTS) is 1. The van der Waals surface area contributed by atoms with E-state index in [1.54, 1.807) is 26.0 Å². The Morgan fingerprint density at radius 2 is 1.80 bits per heavy atom. The van der Waals surface area contributed by atoms with E-state index in [4.69, 9.17) is 5.11 Å². The van der Waals surface area contributed by atoms with Crippen LogP contribution in [0.1, 0.15) is 39.7 Å². The second-order valence-electron chi connectivity index (χ2n) is 7.18. The van der Waals surface area contributed by atoms with Gasteiger partial charge in [0, 0.05) is 23.5 Å². The molecule has 0 radical (unpaired) electrons. The first-order valence-corrected chi connectivity index (χ1v) is 8.21. The molecule has 0 saturated carbocycles. The maximum Gasteiger partial charge on any atom is 0.328 e. The Labute approximate surface area is 148 Å². The highest BCUT2D eigenvalue weighted by Crippen LogP contribution is 2.48. The van der Waals surface area contributed by atoms with Gasteiger partial charge >= 0.3 is 5.97 Å². The molecule has 1 aromatic rings. The number of rotatable bonds is 4. The van der Waals surface area contributed by atoms with Crippen molar-refractivity contribution in [3.63, 3.8) is 0 Å². The smallest absolute Gasteiger partial charge is 0.328 e. The molecule has 4 heteroatoms. The minimum Gasteiger partial charge on any atom is -0.478 e. The summed E-state index contributed by atoms with van der Waals surface area (Å²) < 4.78 is 0. The van der Waals surface area contributed by atoms with Gasteiger partial charge in [0.15, 0.2) is 5.78 Å². The van der Waals surface area contributed by atoms with Crippen LogP contribution in [0.3, 0.4) is 0 Å². The van der Waals surface area contributed by atoms with Gasteiger partial charge in [0.05, 0.1) is 0 Å². The predicted molar refractivity (Wildman–Crippen MR) is 97.9 cm³/mol. The van der Waals surface area contributed by atoms with E-state index in [0.29, 0.717) is 16.7 Å². The first-order chi connectivity index (χ1) is 11.6. The van der Waals surface area contributed by atoms with Crippen molar-refractivity contribution in [3.8, 4) is 0 Å². The van der Waals surface area contributed by atoms with Gasteiger partial charge in [0.25, 0.3) is 0 Å². The van der Waals surface area contributed by atoms with Gasteiger partial charge in [-0.05, 0) is 36.6 Å². The minimum absolute atomic E-state index is 0.00424. The molecule has 1 atom stereocenters. The average molecular weight is 340 g/mol. The van der Waals surface area contributed by atoms with E-state index in [-0.39, 0.29) is 12.2 Å². The molecule has 1 aliphatic rings. The molecule has 0 amide bonds. The largest absolute Gasteiger partial charge is 0.478 e. The number of hydrogen-bond acceptors (Lipinski definition) is 3. The molecular weight excluding hydrogens is 316 g/mol. The third kappa shape index (κ3) is 3.64. The molecule has 1 unspecified atom stereocenters. The summed E-state index contributed by atoms with van der Waals surface area (Å²) in [4.78, 5) is 23.5. The molecule has 25 heavy (non-hydrogen) atoms. The molecule has 1 aromatic carbocycles. The van der Waals surface area contributed by atoms with Crippen LogP contribution in [0, 0.1) is 5.41 Å². The highest BCUT2D eigenvalue weighted by atomic mass is 16.4. The van der Waals surface area contributed by atoms with E-state index in [9.17, 15) is 14.7 Å². The van der Waals surface area contributed by atoms with Gasteiger partial charge in [0.1, 0.15) is 5.60 Å². The monoisotopic (exact) mass is 340 g/mol. The molecule has 2 N–H and O–H groups in total. The summed E-state index contributed by atoms with van der Waals surface area (Å²) in [5.41, 5.74) is 0.366. The predicted octanol–water partition coefficient (Wildman–Crippen LogP) is 3.78. The maximum absolute atomic E-state index is 12.7. The van der Waals surface area contributed by atoms with Crippen molar-refractivity contribution in [1.82, 2.24) is 0 Å². The molecule has 0 saturated heterocycles. The van der Waals surface area contributed by atoms with Crippen molar-refractivity contribution in [2.45, 2.75) is 39.7 Å². The van der Waals surface area contributed by atoms with Gasteiger partial charge in [-0.25, -0.2) is 4.79 Å². The third-order valence-corrected chi connectivity index (χ3v) is 4.86. The van der Waals surface area contributed by atoms with Crippen molar-refractivity contribution in [2.75, 3.05) is 0 Å². The number of carboxylic acids is 1. The normalized spacial score (nSPS) is 24.0. The number of Topliss-reactive ketones (excluding diaryl/α,β-unsaturated/α-hetero) is 1. The number of aliphatic carboxylic acids is 1. The van der Waals surface area contributed by atoms with E-state index >= 15 is 0 Å². The minimum atomic E-state index is -1.35. The zero-order chi connectivity index (χ0) is 18.8. The van der Waals surface area contributed by atoms with Crippen LogP contribution in [0.4, 0.5) is 0 Å². The molecule has 0 bridgehead atoms. The Morgan fingerprint density at radius 3 is 2.36 bits per heavy atom. The number of allylic oxidation sites excluding steroid dienone is 3. The van der Waals surface area contributed by atoms with E-state index in [0.717, 1.165) is 11.6 Å². The second kappa shape index (κ2) is 6.81. The number of benzene rings is 1. The van der Waals surface area contributed by atoms with Gasteiger partial charge in [-0.15, -0.1) is 0 Å². The molecule has 0 aliphatic heterocycles. The van der Waals surface area contributed by atoms with Crippen molar-refractivity contribution >= 4 is 17.3 Å². The van der Waals surface area contributed by atoms with Crippen LogP contribution in [0.25, 0.3) is 5.57 Å². The third-order valence-electron chi connectivity index (χ3n) is 4.86. The number of ketones is 1. The molecule has 0 spiro atoms. The lowest BCUT2D eigenvalue weighted by Gasteiger charge is -2.45. The quantitative estimate of drug-likeness (QED) is 0.646. The standard InChI is InChI=1S/C21H24O4/c1-14(12-18(23)24)10-11-21(25)15(2)19(16-8-6-5-7-9-16)17(22)13-20(21,3)4/h5-12,25H,13H2,1-4H3,(H,23,24)/b11-10+,14-12-. The lowest BCUT2D eigenvalue weighted by atomic mass is 9.61. The summed E-state index contributed by atoms with van der Waals surface area (Å²) in [5, 5.41) is 20.3. The second-order valence-corrected chi connectivity index (χ2v) is 7.18. The van der Waals surface area contributed by atoms with Gasteiger partial charge < -0.3 is 10.2 Å². The van der Waals surface area contributed by atoms with Crippen LogP contribution in [0.2, 0.25) is 0 Å². The van der Waals surface area contributed by atoms with Crippen LogP contribution >= 0.6 is 0 Å². The number of hydrogen-bond donors (Lipinski definition) is 2. The Morgan fingerprint density at radius 1 is 1.20 bits per heavy atom. The van der Waals surface area contributed by atoms with Crippen molar-refractivity contribution in [3.05, 3.63) is 65.3 Å². The Kier molecular flexibility index (Phi) is 5.14. The van der Waals surface area contributed by atoms with Crippen LogP contribution in [-0.2, 0) is 9.59 Å². The van der Waals surface area contributed by atoms with Crippen molar-refractivity contribution < 1.29 is 19.8 Å². The maximum atomic E-state index is 12.7. The van der Waals surface area contributed by atoms with Gasteiger partial charge in [-0.2, -0.15) is 0 Å². The molecule has 2 rings (SSSR count). The summed E-state index contributed by atoms with van der Waals surface area (Å²) in [7, 11) is 0. The average Bonchev–Trinajstić information content (AvgIpc) is 2.51. The zero-order valence-corrected chi connectivity index (χ0v) is 15.0. The summed E-state index contributed by atoms with van der Waals surface area (Å²) in [5.74, 6) is -1.03. The Bertz CT molecular complexity index is 781. The molecule has 1 aliphatic carbocycles. The first-order valence-electron chi connectivity index (χ1n) is 8.21. The van der Waals surface area contributed by atoms with Crippen molar-refractivity contribution in [1.29, 1.82) is 0 Å². The molecule has 132 valence electrons. The highest BCUT2D eigenvalue weighted by molar-refractivity contribution is 6.23. The van der Waals surface area contributed by atoms with E-state index in [1.165, 1.54) is 0 Å². The lowest BCUT2D eigenvalue weighted by molar-refractivity contribution is -0.131. The van der Waals surface area contributed by atoms with Gasteiger partial charge in [-0.3, -0.25) is 4.79 Å². The SMILES string of the molecule is CC1=C(c2ccccc2)C(=O)CC(C)(C)C1(O)/C=C/C(C)=C\C(=O)O. The van der Waals surface area contributed by atoms with Gasteiger partial charge in [0.2, 0.25) is 0 Å². The molecular formula is C21H24O4. The summed E-state index contributed by atoms with van der Waals surface area (Å²) in [6, 6.07) is 9.31. The lowest BCUT2D eigenvalue weighted by Crippen LogP contribution is -2.49. The molecule has 0 aromatic heterocycles. The van der Waals surface area contributed by atoms with Crippen molar-refractivity contribution in [2.24, 2.45) is 5.41 Å².